The number of amides is 1. The molecule has 21 heavy (non-hydrogen) atoms. The van der Waals surface area contributed by atoms with Crippen molar-refractivity contribution in [2.45, 2.75) is 31.3 Å². The van der Waals surface area contributed by atoms with E-state index in [2.05, 4.69) is 5.32 Å². The number of nitrogens with zero attached hydrogens (tertiary/aromatic N) is 1. The Kier molecular flexibility index (Phi) is 4.57. The van der Waals surface area contributed by atoms with Gasteiger partial charge < -0.3 is 15.0 Å². The molecule has 1 aromatic rings. The highest BCUT2D eigenvalue weighted by Crippen LogP contribution is 2.30. The Hall–Kier alpha value is -0.970. The summed E-state index contributed by atoms with van der Waals surface area (Å²) in [6.45, 7) is 1.86. The average Bonchev–Trinajstić information content (AvgIpc) is 2.73. The predicted molar refractivity (Wildman–Crippen MR) is 83.1 cm³/mol. The van der Waals surface area contributed by atoms with E-state index < -0.39 is 0 Å². The Morgan fingerprint density at radius 3 is 2.95 bits per heavy atom. The molecule has 2 saturated heterocycles. The number of ether oxygens (including phenoxy) is 1. The van der Waals surface area contributed by atoms with Crippen LogP contribution >= 0.6 is 23.2 Å². The highest BCUT2D eigenvalue weighted by atomic mass is 35.5. The molecule has 0 saturated carbocycles. The van der Waals surface area contributed by atoms with Crippen LogP contribution < -0.4 is 10.1 Å². The molecule has 2 heterocycles. The second-order valence-corrected chi connectivity index (χ2v) is 6.39. The third kappa shape index (κ3) is 3.28. The molecule has 114 valence electrons. The molecule has 4 nitrogen and oxygen atoms in total. The predicted octanol–water partition coefficient (Wildman–Crippen LogP) is 2.73. The topological polar surface area (TPSA) is 41.6 Å². The number of halogens is 2. The number of hydrogen-bond donors (Lipinski definition) is 1. The van der Waals surface area contributed by atoms with Crippen LogP contribution in [0.15, 0.2) is 18.2 Å². The van der Waals surface area contributed by atoms with Gasteiger partial charge in [-0.1, -0.05) is 23.2 Å². The molecule has 3 rings (SSSR count). The van der Waals surface area contributed by atoms with Gasteiger partial charge >= 0.3 is 0 Å². The van der Waals surface area contributed by atoms with Gasteiger partial charge in [0.1, 0.15) is 5.75 Å². The maximum Gasteiger partial charge on any atom is 0.261 e. The first-order chi connectivity index (χ1) is 10.1. The minimum absolute atomic E-state index is 0.00701. The summed E-state index contributed by atoms with van der Waals surface area (Å²) in [5.41, 5.74) is 0. The summed E-state index contributed by atoms with van der Waals surface area (Å²) in [5, 5.41) is 4.39. The van der Waals surface area contributed by atoms with E-state index in [1.807, 2.05) is 4.90 Å². The van der Waals surface area contributed by atoms with Crippen LogP contribution in [0.25, 0.3) is 0 Å². The van der Waals surface area contributed by atoms with Crippen LogP contribution in [0.3, 0.4) is 0 Å². The highest BCUT2D eigenvalue weighted by Gasteiger charge is 2.37. The maximum absolute atomic E-state index is 12.5. The molecule has 0 aliphatic carbocycles. The molecule has 6 heteroatoms. The third-order valence-corrected chi connectivity index (χ3v) is 4.73. The van der Waals surface area contributed by atoms with Crippen molar-refractivity contribution in [2.24, 2.45) is 0 Å². The van der Waals surface area contributed by atoms with Crippen molar-refractivity contribution in [1.82, 2.24) is 10.2 Å². The van der Waals surface area contributed by atoms with E-state index in [4.69, 9.17) is 27.9 Å². The largest absolute Gasteiger partial charge is 0.482 e. The molecule has 1 aromatic carbocycles. The Bertz CT molecular complexity index is 524. The number of carbonyl (C=O) groups is 1. The zero-order valence-corrected chi connectivity index (χ0v) is 13.2. The zero-order chi connectivity index (χ0) is 14.8. The summed E-state index contributed by atoms with van der Waals surface area (Å²) < 4.78 is 5.57. The van der Waals surface area contributed by atoms with Crippen LogP contribution in [-0.4, -0.2) is 42.6 Å². The van der Waals surface area contributed by atoms with Gasteiger partial charge in [0.2, 0.25) is 0 Å². The van der Waals surface area contributed by atoms with Crippen molar-refractivity contribution in [2.75, 3.05) is 19.7 Å². The minimum atomic E-state index is 0.00701. The zero-order valence-electron chi connectivity index (χ0n) is 11.6. The van der Waals surface area contributed by atoms with Crippen LogP contribution in [0.5, 0.6) is 5.75 Å². The first-order valence-corrected chi connectivity index (χ1v) is 8.00. The molecule has 2 atom stereocenters. The van der Waals surface area contributed by atoms with E-state index in [1.54, 1.807) is 18.2 Å². The van der Waals surface area contributed by atoms with Gasteiger partial charge in [0.25, 0.3) is 5.91 Å². The molecule has 2 unspecified atom stereocenters. The van der Waals surface area contributed by atoms with Gasteiger partial charge in [0.15, 0.2) is 6.61 Å². The SMILES string of the molecule is O=C(COc1cc(Cl)ccc1Cl)N1C2CCNCC1CC2. The standard InChI is InChI=1S/C15H18Cl2N2O2/c16-10-1-4-13(17)14(7-10)21-9-15(20)19-11-2-3-12(19)8-18-6-5-11/h1,4,7,11-12,18H,2-3,5-6,8-9H2. The van der Waals surface area contributed by atoms with Crippen molar-refractivity contribution in [3.63, 3.8) is 0 Å². The fourth-order valence-corrected chi connectivity index (χ4v) is 3.53. The Morgan fingerprint density at radius 1 is 1.29 bits per heavy atom. The van der Waals surface area contributed by atoms with Gasteiger partial charge in [-0.2, -0.15) is 0 Å². The molecular weight excluding hydrogens is 311 g/mol. The van der Waals surface area contributed by atoms with Gasteiger partial charge in [-0.15, -0.1) is 0 Å². The minimum Gasteiger partial charge on any atom is -0.482 e. The van der Waals surface area contributed by atoms with E-state index in [0.29, 0.717) is 27.9 Å². The Labute approximate surface area is 134 Å². The fraction of sp³-hybridized carbons (Fsp3) is 0.533. The van der Waals surface area contributed by atoms with Crippen molar-refractivity contribution >= 4 is 29.1 Å². The van der Waals surface area contributed by atoms with Crippen molar-refractivity contribution < 1.29 is 9.53 Å². The third-order valence-electron chi connectivity index (χ3n) is 4.19. The molecule has 2 bridgehead atoms. The average molecular weight is 329 g/mol. The first-order valence-electron chi connectivity index (χ1n) is 7.25. The molecule has 1 N–H and O–H groups in total. The number of carbonyl (C=O) groups excluding carboxylic acids is 1. The summed E-state index contributed by atoms with van der Waals surface area (Å²) in [6.07, 6.45) is 3.18. The van der Waals surface area contributed by atoms with E-state index in [-0.39, 0.29) is 12.5 Å². The molecule has 2 aliphatic rings. The lowest BCUT2D eigenvalue weighted by Gasteiger charge is -2.27. The first kappa shape index (κ1) is 14.9. The fourth-order valence-electron chi connectivity index (χ4n) is 3.19. The number of hydrogen-bond acceptors (Lipinski definition) is 3. The van der Waals surface area contributed by atoms with Gasteiger partial charge in [-0.25, -0.2) is 0 Å². The Balaban J connectivity index is 1.65. The lowest BCUT2D eigenvalue weighted by Crippen LogP contribution is -2.44. The van der Waals surface area contributed by atoms with E-state index in [9.17, 15) is 4.79 Å². The molecule has 2 fully saturated rings. The van der Waals surface area contributed by atoms with E-state index >= 15 is 0 Å². The van der Waals surface area contributed by atoms with E-state index in [0.717, 1.165) is 32.4 Å². The lowest BCUT2D eigenvalue weighted by atomic mass is 10.1. The number of benzene rings is 1. The van der Waals surface area contributed by atoms with Crippen LogP contribution in [0.4, 0.5) is 0 Å². The van der Waals surface area contributed by atoms with Crippen LogP contribution in [0, 0.1) is 0 Å². The van der Waals surface area contributed by atoms with Gasteiger partial charge in [0, 0.05) is 29.7 Å². The summed E-state index contributed by atoms with van der Waals surface area (Å²) in [6, 6.07) is 5.64. The second kappa shape index (κ2) is 6.42. The quantitative estimate of drug-likeness (QED) is 0.927. The molecule has 1 amide bonds. The summed E-state index contributed by atoms with van der Waals surface area (Å²) >= 11 is 12.0. The van der Waals surface area contributed by atoms with Crippen molar-refractivity contribution in [3.8, 4) is 5.75 Å². The maximum atomic E-state index is 12.5. The molecular formula is C15H18Cl2N2O2. The Morgan fingerprint density at radius 2 is 2.10 bits per heavy atom. The van der Waals surface area contributed by atoms with Gasteiger partial charge in [-0.3, -0.25) is 4.79 Å². The van der Waals surface area contributed by atoms with Crippen LogP contribution in [-0.2, 0) is 4.79 Å². The molecule has 0 spiro atoms. The van der Waals surface area contributed by atoms with Crippen LogP contribution in [0.2, 0.25) is 10.0 Å². The molecule has 0 radical (unpaired) electrons. The van der Waals surface area contributed by atoms with Crippen molar-refractivity contribution in [3.05, 3.63) is 28.2 Å². The van der Waals surface area contributed by atoms with Crippen molar-refractivity contribution in [1.29, 1.82) is 0 Å². The molecule has 0 aromatic heterocycles. The van der Waals surface area contributed by atoms with Gasteiger partial charge in [-0.05, 0) is 37.9 Å². The number of fused-ring (bicyclic) bond motifs is 2. The highest BCUT2D eigenvalue weighted by molar-refractivity contribution is 6.34. The normalized spacial score (nSPS) is 24.8. The van der Waals surface area contributed by atoms with E-state index in [1.165, 1.54) is 0 Å². The second-order valence-electron chi connectivity index (χ2n) is 5.54. The number of rotatable bonds is 3. The smallest absolute Gasteiger partial charge is 0.261 e. The van der Waals surface area contributed by atoms with Crippen LogP contribution in [0.1, 0.15) is 19.3 Å². The summed E-state index contributed by atoms with van der Waals surface area (Å²) in [5.74, 6) is 0.486. The lowest BCUT2D eigenvalue weighted by molar-refractivity contribution is -0.135. The summed E-state index contributed by atoms with van der Waals surface area (Å²) in [4.78, 5) is 14.5. The molecule has 2 aliphatic heterocycles. The summed E-state index contributed by atoms with van der Waals surface area (Å²) in [7, 11) is 0. The van der Waals surface area contributed by atoms with Gasteiger partial charge in [0.05, 0.1) is 5.02 Å². The monoisotopic (exact) mass is 328 g/mol. The number of nitrogens with one attached hydrogen (secondary N) is 1.